The second-order valence-corrected chi connectivity index (χ2v) is 12.0. The molecule has 0 aromatic heterocycles. The van der Waals surface area contributed by atoms with Crippen LogP contribution in [0.4, 0.5) is 17.1 Å². The molecule has 0 atom stereocenters. The fourth-order valence-corrected chi connectivity index (χ4v) is 5.59. The van der Waals surface area contributed by atoms with Gasteiger partial charge in [0.1, 0.15) is 16.3 Å². The van der Waals surface area contributed by atoms with E-state index >= 15 is 0 Å². The molecule has 0 radical (unpaired) electrons. The highest BCUT2D eigenvalue weighted by Crippen LogP contribution is 2.42. The van der Waals surface area contributed by atoms with E-state index in [1.807, 2.05) is 0 Å². The maximum Gasteiger partial charge on any atom is 0.425 e. The Bertz CT molecular complexity index is 2290. The van der Waals surface area contributed by atoms with Crippen LogP contribution in [0, 0.1) is 0 Å². The van der Waals surface area contributed by atoms with Gasteiger partial charge >= 0.3 is 10.6 Å². The predicted octanol–water partition coefficient (Wildman–Crippen LogP) is 4.86. The van der Waals surface area contributed by atoms with Crippen LogP contribution in [-0.2, 0) is 30.8 Å². The Labute approximate surface area is 250 Å². The highest BCUT2D eigenvalue weighted by molar-refractivity contribution is 7.86. The molecule has 0 fully saturated rings. The highest BCUT2D eigenvalue weighted by atomic mass is 32.2. The number of anilines is 1. The van der Waals surface area contributed by atoms with Crippen molar-refractivity contribution < 1.29 is 48.5 Å². The molecule has 226 valence electrons. The summed E-state index contributed by atoms with van der Waals surface area (Å²) >= 11 is 0. The Morgan fingerprint density at radius 2 is 1.27 bits per heavy atom. The number of benzene rings is 5. The van der Waals surface area contributed by atoms with Gasteiger partial charge in [-0.05, 0) is 47.2 Å². The molecule has 17 heteroatoms. The van der Waals surface area contributed by atoms with Gasteiger partial charge < -0.3 is 10.4 Å². The topological polar surface area (TPSA) is 234 Å². The zero-order valence-electron chi connectivity index (χ0n) is 21.9. The summed E-state index contributed by atoms with van der Waals surface area (Å²) in [6.45, 7) is 0. The standard InChI is InChI=1S/C27H19N3O8S2.O3S/c31-25-21(29-30-22-13-10-16-6-4-5-9-20(16)26(22)40(36,37)38)12-11-18-14-19(39(33,34)35)15-23(24(18)25)28-27(32)17-7-2-1-3-8-17;1-4(2)3/h1-15,31H,(H,28,32)(H,33,34,35)(H,36,37,38);. The van der Waals surface area contributed by atoms with Crippen LogP contribution < -0.4 is 5.32 Å². The van der Waals surface area contributed by atoms with Gasteiger partial charge in [-0.1, -0.05) is 54.6 Å². The minimum Gasteiger partial charge on any atom is -0.505 e. The first-order valence-corrected chi connectivity index (χ1v) is 15.9. The van der Waals surface area contributed by atoms with Gasteiger partial charge in [0.2, 0.25) is 0 Å². The van der Waals surface area contributed by atoms with Crippen LogP contribution in [0.15, 0.2) is 111 Å². The summed E-state index contributed by atoms with van der Waals surface area (Å²) in [5.74, 6) is -1.13. The molecule has 0 heterocycles. The van der Waals surface area contributed by atoms with E-state index in [-0.39, 0.29) is 38.8 Å². The Kier molecular flexibility index (Phi) is 9.16. The Balaban J connectivity index is 0.00000104. The Morgan fingerprint density at radius 3 is 1.91 bits per heavy atom. The third kappa shape index (κ3) is 7.28. The van der Waals surface area contributed by atoms with Gasteiger partial charge in [-0.3, -0.25) is 13.9 Å². The molecule has 0 unspecified atom stereocenters. The largest absolute Gasteiger partial charge is 0.505 e. The maximum atomic E-state index is 12.8. The van der Waals surface area contributed by atoms with Crippen molar-refractivity contribution in [3.63, 3.8) is 0 Å². The molecule has 0 aliphatic rings. The molecule has 0 bridgehead atoms. The first-order valence-electron chi connectivity index (χ1n) is 12.0. The Morgan fingerprint density at radius 1 is 0.705 bits per heavy atom. The van der Waals surface area contributed by atoms with E-state index in [1.165, 1.54) is 36.4 Å². The van der Waals surface area contributed by atoms with E-state index < -0.39 is 52.3 Å². The summed E-state index contributed by atoms with van der Waals surface area (Å²) in [5, 5.41) is 22.5. The third-order valence-corrected chi connectivity index (χ3v) is 7.78. The molecular formula is C27H19N3O11S3. The lowest BCUT2D eigenvalue weighted by Crippen LogP contribution is -2.12. The summed E-state index contributed by atoms with van der Waals surface area (Å²) in [4.78, 5) is 11.8. The van der Waals surface area contributed by atoms with Gasteiger partial charge in [-0.25, -0.2) is 0 Å². The fraction of sp³-hybridized carbons (Fsp3) is 0. The first kappa shape index (κ1) is 31.9. The molecule has 0 aliphatic heterocycles. The summed E-state index contributed by atoms with van der Waals surface area (Å²) in [6, 6.07) is 22.2. The van der Waals surface area contributed by atoms with Crippen LogP contribution in [-0.4, -0.2) is 49.6 Å². The van der Waals surface area contributed by atoms with E-state index in [0.29, 0.717) is 5.39 Å². The third-order valence-electron chi connectivity index (χ3n) is 6.01. The molecule has 0 saturated heterocycles. The molecule has 0 aliphatic carbocycles. The second kappa shape index (κ2) is 12.7. The average Bonchev–Trinajstić information content (AvgIpc) is 2.95. The van der Waals surface area contributed by atoms with E-state index in [4.69, 9.17) is 12.6 Å². The zero-order chi connectivity index (χ0) is 32.2. The van der Waals surface area contributed by atoms with E-state index in [1.54, 1.807) is 42.5 Å². The van der Waals surface area contributed by atoms with Gasteiger partial charge in [-0.15, -0.1) is 22.9 Å². The minimum atomic E-state index is -4.72. The zero-order valence-corrected chi connectivity index (χ0v) is 24.3. The number of phenolic OH excluding ortho intramolecular Hbond substituents is 1. The number of azo groups is 1. The molecule has 0 spiro atoms. The van der Waals surface area contributed by atoms with Crippen molar-refractivity contribution in [1.29, 1.82) is 0 Å². The fourth-order valence-electron chi connectivity index (χ4n) is 4.21. The van der Waals surface area contributed by atoms with Crippen molar-refractivity contribution in [2.45, 2.75) is 9.79 Å². The van der Waals surface area contributed by atoms with E-state index in [9.17, 15) is 35.8 Å². The number of carbonyl (C=O) groups excluding carboxylic acids is 1. The van der Waals surface area contributed by atoms with Gasteiger partial charge in [0, 0.05) is 16.3 Å². The van der Waals surface area contributed by atoms with Crippen LogP contribution in [0.1, 0.15) is 10.4 Å². The van der Waals surface area contributed by atoms with Crippen LogP contribution in [0.5, 0.6) is 5.75 Å². The smallest absolute Gasteiger partial charge is 0.425 e. The van der Waals surface area contributed by atoms with Crippen molar-refractivity contribution in [2.75, 3.05) is 5.32 Å². The highest BCUT2D eigenvalue weighted by Gasteiger charge is 2.21. The summed E-state index contributed by atoms with van der Waals surface area (Å²) in [6.07, 6.45) is 0. The molecule has 1 amide bonds. The van der Waals surface area contributed by atoms with Gasteiger partial charge in [0.25, 0.3) is 26.1 Å². The average molecular weight is 658 g/mol. The number of nitrogens with zero attached hydrogens (tertiary/aromatic N) is 2. The number of hydrogen-bond donors (Lipinski definition) is 4. The molecule has 44 heavy (non-hydrogen) atoms. The number of phenols is 1. The van der Waals surface area contributed by atoms with Crippen molar-refractivity contribution >= 4 is 75.4 Å². The number of amides is 1. The van der Waals surface area contributed by atoms with Gasteiger partial charge in [0.05, 0.1) is 10.6 Å². The lowest BCUT2D eigenvalue weighted by atomic mass is 10.1. The second-order valence-electron chi connectivity index (χ2n) is 8.81. The molecule has 5 aromatic rings. The number of nitrogens with one attached hydrogen (secondary N) is 1. The number of hydrogen-bond acceptors (Lipinski definition) is 11. The molecule has 0 saturated carbocycles. The van der Waals surface area contributed by atoms with E-state index in [2.05, 4.69) is 15.5 Å². The summed E-state index contributed by atoms with van der Waals surface area (Å²) in [7, 11) is -12.5. The minimum absolute atomic E-state index is 0.0124. The lowest BCUT2D eigenvalue weighted by Gasteiger charge is -2.13. The van der Waals surface area contributed by atoms with Crippen LogP contribution >= 0.6 is 0 Å². The van der Waals surface area contributed by atoms with Crippen LogP contribution in [0.3, 0.4) is 0 Å². The van der Waals surface area contributed by atoms with Gasteiger partial charge in [0.15, 0.2) is 5.75 Å². The van der Waals surface area contributed by atoms with Crippen molar-refractivity contribution in [3.05, 3.63) is 96.6 Å². The molecular weight excluding hydrogens is 639 g/mol. The molecule has 5 rings (SSSR count). The number of carbonyl (C=O) groups is 1. The number of fused-ring (bicyclic) bond motifs is 2. The van der Waals surface area contributed by atoms with Crippen molar-refractivity contribution in [3.8, 4) is 5.75 Å². The van der Waals surface area contributed by atoms with Crippen molar-refractivity contribution in [1.82, 2.24) is 0 Å². The van der Waals surface area contributed by atoms with Crippen molar-refractivity contribution in [2.24, 2.45) is 10.2 Å². The summed E-state index contributed by atoms with van der Waals surface area (Å²) in [5.41, 5.74) is -0.244. The summed E-state index contributed by atoms with van der Waals surface area (Å²) < 4.78 is 93.0. The monoisotopic (exact) mass is 657 g/mol. The maximum absolute atomic E-state index is 12.8. The van der Waals surface area contributed by atoms with Gasteiger partial charge in [-0.2, -0.15) is 16.8 Å². The number of aromatic hydroxyl groups is 1. The number of rotatable bonds is 6. The predicted molar refractivity (Wildman–Crippen MR) is 157 cm³/mol. The SMILES string of the molecule is O=C(Nc1cc(S(=O)(=O)O)cc2ccc(N=Nc3ccc4ccccc4c3S(=O)(=O)O)c(O)c12)c1ccccc1.O=S(=O)=O. The quantitative estimate of drug-likeness (QED) is 0.142. The van der Waals surface area contributed by atoms with E-state index in [0.717, 1.165) is 12.1 Å². The van der Waals surface area contributed by atoms with Crippen LogP contribution in [0.2, 0.25) is 0 Å². The lowest BCUT2D eigenvalue weighted by molar-refractivity contribution is 0.102. The van der Waals surface area contributed by atoms with Crippen LogP contribution in [0.25, 0.3) is 21.5 Å². The molecule has 14 nitrogen and oxygen atoms in total. The molecule has 4 N–H and O–H groups in total. The molecule has 5 aromatic carbocycles. The normalized spacial score (nSPS) is 11.7. The Hall–Kier alpha value is -5.07. The first-order chi connectivity index (χ1) is 20.7.